The first-order chi connectivity index (χ1) is 12.3. The smallest absolute Gasteiger partial charge is 0.203 e. The van der Waals surface area contributed by atoms with Gasteiger partial charge in [0.25, 0.3) is 0 Å². The Bertz CT molecular complexity index is 660. The van der Waals surface area contributed by atoms with Crippen LogP contribution in [0.1, 0.15) is 17.2 Å². The van der Waals surface area contributed by atoms with E-state index in [4.69, 9.17) is 14.2 Å². The highest BCUT2D eigenvalue weighted by Crippen LogP contribution is 2.40. The first kappa shape index (κ1) is 17.6. The molecule has 25 heavy (non-hydrogen) atoms. The Morgan fingerprint density at radius 2 is 1.44 bits per heavy atom. The van der Waals surface area contributed by atoms with Crippen molar-refractivity contribution >= 4 is 0 Å². The molecule has 2 aromatic rings. The minimum absolute atomic E-state index is 0.253. The molecule has 1 atom stereocenters. The summed E-state index contributed by atoms with van der Waals surface area (Å²) in [5.74, 6) is 2.06. The predicted octanol–water partition coefficient (Wildman–Crippen LogP) is 0.264. The van der Waals surface area contributed by atoms with Crippen molar-refractivity contribution < 1.29 is 24.4 Å². The van der Waals surface area contributed by atoms with Crippen LogP contribution in [0.4, 0.5) is 0 Å². The first-order valence-corrected chi connectivity index (χ1v) is 8.79. The third-order valence-electron chi connectivity index (χ3n) is 4.90. The SMILES string of the molecule is COc1cc([C@@H](c2ccccc2)[NH+]2CC[NH2+]CC2)cc(OC)c1OC. The summed E-state index contributed by atoms with van der Waals surface area (Å²) >= 11 is 0. The Kier molecular flexibility index (Phi) is 5.79. The van der Waals surface area contributed by atoms with E-state index in [2.05, 4.69) is 47.8 Å². The maximum Gasteiger partial charge on any atom is 0.203 e. The van der Waals surface area contributed by atoms with E-state index in [9.17, 15) is 0 Å². The van der Waals surface area contributed by atoms with Crippen LogP contribution in [0.5, 0.6) is 17.2 Å². The molecular weight excluding hydrogens is 316 g/mol. The molecule has 1 fully saturated rings. The minimum atomic E-state index is 0.253. The number of piperazine rings is 1. The van der Waals surface area contributed by atoms with Crippen molar-refractivity contribution in [2.24, 2.45) is 0 Å². The van der Waals surface area contributed by atoms with Gasteiger partial charge >= 0.3 is 0 Å². The third-order valence-corrected chi connectivity index (χ3v) is 4.90. The summed E-state index contributed by atoms with van der Waals surface area (Å²) < 4.78 is 16.6. The zero-order chi connectivity index (χ0) is 17.6. The minimum Gasteiger partial charge on any atom is -0.493 e. The quantitative estimate of drug-likeness (QED) is 0.791. The molecule has 0 amide bonds. The molecule has 1 aliphatic heterocycles. The van der Waals surface area contributed by atoms with Crippen molar-refractivity contribution in [1.29, 1.82) is 0 Å². The summed E-state index contributed by atoms with van der Waals surface area (Å²) in [6.07, 6.45) is 0. The second kappa shape index (κ2) is 8.23. The Hall–Kier alpha value is -2.24. The molecule has 3 rings (SSSR count). The van der Waals surface area contributed by atoms with E-state index >= 15 is 0 Å². The van der Waals surface area contributed by atoms with Crippen LogP contribution < -0.4 is 24.4 Å². The molecule has 1 aliphatic rings. The van der Waals surface area contributed by atoms with Gasteiger partial charge in [0.1, 0.15) is 32.2 Å². The molecule has 0 bridgehead atoms. The second-order valence-electron chi connectivity index (χ2n) is 6.33. The number of benzene rings is 2. The van der Waals surface area contributed by atoms with Gasteiger partial charge in [-0.2, -0.15) is 0 Å². The molecule has 1 heterocycles. The highest BCUT2D eigenvalue weighted by atomic mass is 16.5. The van der Waals surface area contributed by atoms with Crippen LogP contribution in [0.15, 0.2) is 42.5 Å². The number of hydrogen-bond acceptors (Lipinski definition) is 3. The Morgan fingerprint density at radius 3 is 1.96 bits per heavy atom. The Labute approximate surface area is 149 Å². The molecule has 3 N–H and O–H groups in total. The summed E-state index contributed by atoms with van der Waals surface area (Å²) in [5, 5.41) is 2.39. The van der Waals surface area contributed by atoms with Crippen LogP contribution in [0.2, 0.25) is 0 Å². The molecule has 0 unspecified atom stereocenters. The highest BCUT2D eigenvalue weighted by molar-refractivity contribution is 5.55. The number of methoxy groups -OCH3 is 3. The number of quaternary nitrogens is 2. The van der Waals surface area contributed by atoms with E-state index in [-0.39, 0.29) is 6.04 Å². The van der Waals surface area contributed by atoms with Crippen molar-refractivity contribution in [2.75, 3.05) is 47.5 Å². The molecular formula is C20H28N2O3+2. The molecule has 0 aromatic heterocycles. The Balaban J connectivity index is 2.09. The van der Waals surface area contributed by atoms with Gasteiger partial charge in [0.05, 0.1) is 21.3 Å². The summed E-state index contributed by atoms with van der Waals surface area (Å²) in [6.45, 7) is 4.58. The molecule has 5 heteroatoms. The lowest BCUT2D eigenvalue weighted by atomic mass is 9.95. The summed E-state index contributed by atoms with van der Waals surface area (Å²) in [5.41, 5.74) is 2.51. The van der Waals surface area contributed by atoms with Gasteiger partial charge in [-0.25, -0.2) is 0 Å². The van der Waals surface area contributed by atoms with Gasteiger partial charge in [-0.3, -0.25) is 0 Å². The fraction of sp³-hybridized carbons (Fsp3) is 0.400. The average molecular weight is 344 g/mol. The van der Waals surface area contributed by atoms with Crippen LogP contribution in [0.3, 0.4) is 0 Å². The van der Waals surface area contributed by atoms with Crippen molar-refractivity contribution in [3.63, 3.8) is 0 Å². The fourth-order valence-electron chi connectivity index (χ4n) is 3.71. The first-order valence-electron chi connectivity index (χ1n) is 8.79. The van der Waals surface area contributed by atoms with Gasteiger partial charge in [-0.15, -0.1) is 0 Å². The molecule has 134 valence electrons. The average Bonchev–Trinajstić information content (AvgIpc) is 2.69. The van der Waals surface area contributed by atoms with Crippen molar-refractivity contribution in [2.45, 2.75) is 6.04 Å². The van der Waals surface area contributed by atoms with Gasteiger partial charge in [0.2, 0.25) is 5.75 Å². The van der Waals surface area contributed by atoms with E-state index < -0.39 is 0 Å². The van der Waals surface area contributed by atoms with Gasteiger partial charge in [0.15, 0.2) is 11.5 Å². The normalized spacial score (nSPS) is 16.3. The summed E-state index contributed by atoms with van der Waals surface area (Å²) in [7, 11) is 4.98. The molecule has 2 aromatic carbocycles. The van der Waals surface area contributed by atoms with Gasteiger partial charge in [0, 0.05) is 11.1 Å². The third kappa shape index (κ3) is 3.72. The number of rotatable bonds is 6. The summed E-state index contributed by atoms with van der Waals surface area (Å²) in [4.78, 5) is 1.57. The lowest BCUT2D eigenvalue weighted by Gasteiger charge is -2.31. The van der Waals surface area contributed by atoms with E-state index in [1.54, 1.807) is 26.2 Å². The van der Waals surface area contributed by atoms with E-state index in [1.165, 1.54) is 11.1 Å². The van der Waals surface area contributed by atoms with Crippen molar-refractivity contribution in [3.05, 3.63) is 53.6 Å². The maximum absolute atomic E-state index is 5.57. The van der Waals surface area contributed by atoms with Crippen LogP contribution in [-0.2, 0) is 0 Å². The number of hydrogen-bond donors (Lipinski definition) is 2. The number of nitrogens with two attached hydrogens (primary N) is 1. The highest BCUT2D eigenvalue weighted by Gasteiger charge is 2.30. The molecule has 0 aliphatic carbocycles. The monoisotopic (exact) mass is 344 g/mol. The topological polar surface area (TPSA) is 48.7 Å². The van der Waals surface area contributed by atoms with E-state index in [0.29, 0.717) is 17.2 Å². The van der Waals surface area contributed by atoms with Crippen LogP contribution in [0.25, 0.3) is 0 Å². The van der Waals surface area contributed by atoms with Crippen molar-refractivity contribution in [3.8, 4) is 17.2 Å². The standard InChI is InChI=1S/C20H26N2O3/c1-23-17-13-16(14-18(24-2)20(17)25-3)19(15-7-5-4-6-8-15)22-11-9-21-10-12-22/h4-8,13-14,19,21H,9-12H2,1-3H3/p+2/t19-/m1/s1. The van der Waals surface area contributed by atoms with Crippen LogP contribution in [0, 0.1) is 0 Å². The lowest BCUT2D eigenvalue weighted by molar-refractivity contribution is -0.967. The molecule has 1 saturated heterocycles. The van der Waals surface area contributed by atoms with Gasteiger partial charge in [-0.05, 0) is 12.1 Å². The van der Waals surface area contributed by atoms with Crippen LogP contribution in [-0.4, -0.2) is 47.5 Å². The fourth-order valence-corrected chi connectivity index (χ4v) is 3.71. The van der Waals surface area contributed by atoms with Crippen LogP contribution >= 0.6 is 0 Å². The molecule has 0 spiro atoms. The number of ether oxygens (including phenoxy) is 3. The van der Waals surface area contributed by atoms with Crippen molar-refractivity contribution in [1.82, 2.24) is 0 Å². The second-order valence-corrected chi connectivity index (χ2v) is 6.33. The van der Waals surface area contributed by atoms with E-state index in [1.807, 2.05) is 0 Å². The number of nitrogens with one attached hydrogen (secondary N) is 1. The largest absolute Gasteiger partial charge is 0.493 e. The predicted molar refractivity (Wildman–Crippen MR) is 96.7 cm³/mol. The maximum atomic E-state index is 5.57. The van der Waals surface area contributed by atoms with Gasteiger partial charge in [-0.1, -0.05) is 30.3 Å². The summed E-state index contributed by atoms with van der Waals surface area (Å²) in [6, 6.07) is 15.1. The van der Waals surface area contributed by atoms with Gasteiger partial charge < -0.3 is 24.4 Å². The molecule has 0 radical (unpaired) electrons. The van der Waals surface area contributed by atoms with E-state index in [0.717, 1.165) is 26.2 Å². The molecule has 0 saturated carbocycles. The lowest BCUT2D eigenvalue weighted by Crippen LogP contribution is -3.20. The zero-order valence-corrected chi connectivity index (χ0v) is 15.2. The Morgan fingerprint density at radius 1 is 0.840 bits per heavy atom. The zero-order valence-electron chi connectivity index (χ0n) is 15.2. The molecule has 5 nitrogen and oxygen atoms in total.